The Morgan fingerprint density at radius 2 is 1.72 bits per heavy atom. The number of hydrogen-bond acceptors (Lipinski definition) is 1. The molecule has 160 valence electrons. The fourth-order valence-electron chi connectivity index (χ4n) is 4.44. The van der Waals surface area contributed by atoms with E-state index in [1.54, 1.807) is 0 Å². The molecule has 0 unspecified atom stereocenters. The lowest BCUT2D eigenvalue weighted by Gasteiger charge is -2.31. The number of carbonyl (C=O) groups is 1. The van der Waals surface area contributed by atoms with Gasteiger partial charge in [0, 0.05) is 16.9 Å². The minimum absolute atomic E-state index is 0.159. The number of para-hydroxylation sites is 1. The molecule has 0 fully saturated rings. The smallest absolute Gasteiger partial charge is 0.318 e. The maximum atomic E-state index is 13.8. The maximum absolute atomic E-state index is 13.8. The number of anilines is 1. The van der Waals surface area contributed by atoms with Crippen LogP contribution in [-0.2, 0) is 6.54 Å². The number of aryl methyl sites for hydroxylation is 1. The molecule has 5 rings (SSSR count). The number of amides is 2. The van der Waals surface area contributed by atoms with Crippen LogP contribution in [0.25, 0.3) is 5.69 Å². The molecule has 0 aliphatic carbocycles. The van der Waals surface area contributed by atoms with Gasteiger partial charge in [-0.2, -0.15) is 0 Å². The molecule has 1 aromatic heterocycles. The van der Waals surface area contributed by atoms with Crippen LogP contribution in [0.2, 0.25) is 5.02 Å². The minimum atomic E-state index is -0.337. The molecule has 4 nitrogen and oxygen atoms in total. The average Bonchev–Trinajstić information content (AvgIpc) is 3.22. The second-order valence-corrected chi connectivity index (χ2v) is 8.57. The van der Waals surface area contributed by atoms with Crippen LogP contribution in [0.1, 0.15) is 34.0 Å². The van der Waals surface area contributed by atoms with Crippen molar-refractivity contribution in [2.24, 2.45) is 0 Å². The van der Waals surface area contributed by atoms with Crippen LogP contribution in [0.3, 0.4) is 0 Å². The SMILES string of the molecule is Cc1cccc(NC(=O)N2Cc3ccccc3-n3cccc3[C@H]2c2ccccc2Cl)c1C. The Kier molecular flexibility index (Phi) is 5.24. The summed E-state index contributed by atoms with van der Waals surface area (Å²) < 4.78 is 2.16. The van der Waals surface area contributed by atoms with Crippen LogP contribution in [0.5, 0.6) is 0 Å². The number of rotatable bonds is 2. The van der Waals surface area contributed by atoms with Gasteiger partial charge in [-0.1, -0.05) is 60.1 Å². The van der Waals surface area contributed by atoms with Gasteiger partial charge in [-0.25, -0.2) is 4.79 Å². The van der Waals surface area contributed by atoms with Crippen LogP contribution in [0.15, 0.2) is 85.1 Å². The standard InChI is InChI=1S/C27H24ClN3O/c1-18-9-7-13-23(19(18)2)29-27(32)31-17-20-10-3-6-14-24(20)30-16-8-15-25(30)26(31)21-11-4-5-12-22(21)28/h3-16,26H,17H2,1-2H3,(H,29,32)/t26-/m1/s1. The lowest BCUT2D eigenvalue weighted by atomic mass is 10.0. The van der Waals surface area contributed by atoms with Crippen molar-refractivity contribution in [3.63, 3.8) is 0 Å². The number of carbonyl (C=O) groups excluding carboxylic acids is 1. The largest absolute Gasteiger partial charge is 0.322 e. The Morgan fingerprint density at radius 1 is 0.938 bits per heavy atom. The van der Waals surface area contributed by atoms with E-state index in [1.165, 1.54) is 0 Å². The lowest BCUT2D eigenvalue weighted by molar-refractivity contribution is 0.194. The number of nitrogens with zero attached hydrogens (tertiary/aromatic N) is 2. The topological polar surface area (TPSA) is 37.3 Å². The Morgan fingerprint density at radius 3 is 2.56 bits per heavy atom. The quantitative estimate of drug-likeness (QED) is 0.361. The molecular formula is C27H24ClN3O. The predicted octanol–water partition coefficient (Wildman–Crippen LogP) is 6.88. The van der Waals surface area contributed by atoms with Gasteiger partial charge in [0.05, 0.1) is 17.9 Å². The van der Waals surface area contributed by atoms with Crippen molar-refractivity contribution < 1.29 is 4.79 Å². The van der Waals surface area contributed by atoms with Gasteiger partial charge in [0.2, 0.25) is 0 Å². The zero-order valence-corrected chi connectivity index (χ0v) is 18.8. The molecule has 2 heterocycles. The van der Waals surface area contributed by atoms with Crippen molar-refractivity contribution in [1.29, 1.82) is 0 Å². The molecule has 1 aliphatic heterocycles. The van der Waals surface area contributed by atoms with Gasteiger partial charge in [-0.05, 0) is 66.4 Å². The van der Waals surface area contributed by atoms with Crippen LogP contribution in [-0.4, -0.2) is 15.5 Å². The molecule has 4 aromatic rings. The first-order chi connectivity index (χ1) is 15.5. The Labute approximate surface area is 193 Å². The van der Waals surface area contributed by atoms with Gasteiger partial charge in [-0.15, -0.1) is 0 Å². The summed E-state index contributed by atoms with van der Waals surface area (Å²) in [5.74, 6) is 0. The molecule has 1 atom stereocenters. The summed E-state index contributed by atoms with van der Waals surface area (Å²) in [6, 6.07) is 25.5. The molecule has 5 heteroatoms. The normalized spacial score (nSPS) is 15.0. The highest BCUT2D eigenvalue weighted by Gasteiger charge is 2.34. The number of benzene rings is 3. The highest BCUT2D eigenvalue weighted by molar-refractivity contribution is 6.31. The van der Waals surface area contributed by atoms with E-state index in [9.17, 15) is 4.79 Å². The van der Waals surface area contributed by atoms with Gasteiger partial charge in [0.15, 0.2) is 0 Å². The molecular weight excluding hydrogens is 418 g/mol. The summed E-state index contributed by atoms with van der Waals surface area (Å²) >= 11 is 6.66. The van der Waals surface area contributed by atoms with Crippen LogP contribution >= 0.6 is 11.6 Å². The molecule has 1 N–H and O–H groups in total. The number of urea groups is 1. The van der Waals surface area contributed by atoms with Crippen LogP contribution < -0.4 is 5.32 Å². The second kappa shape index (κ2) is 8.21. The number of halogens is 1. The summed E-state index contributed by atoms with van der Waals surface area (Å²) in [4.78, 5) is 15.7. The number of fused-ring (bicyclic) bond motifs is 3. The molecule has 0 radical (unpaired) electrons. The molecule has 32 heavy (non-hydrogen) atoms. The average molecular weight is 442 g/mol. The van der Waals surface area contributed by atoms with E-state index < -0.39 is 0 Å². The zero-order chi connectivity index (χ0) is 22.2. The lowest BCUT2D eigenvalue weighted by Crippen LogP contribution is -2.38. The van der Waals surface area contributed by atoms with Crippen molar-refractivity contribution in [3.05, 3.63) is 118 Å². The number of hydrogen-bond donors (Lipinski definition) is 1. The Balaban J connectivity index is 1.66. The first-order valence-electron chi connectivity index (χ1n) is 10.7. The van der Waals surface area contributed by atoms with Crippen LogP contribution in [0, 0.1) is 13.8 Å². The fraction of sp³-hybridized carbons (Fsp3) is 0.148. The second-order valence-electron chi connectivity index (χ2n) is 8.16. The van der Waals surface area contributed by atoms with Gasteiger partial charge < -0.3 is 14.8 Å². The molecule has 0 spiro atoms. The molecule has 2 amide bonds. The van der Waals surface area contributed by atoms with Gasteiger partial charge in [0.1, 0.15) is 6.04 Å². The summed E-state index contributed by atoms with van der Waals surface area (Å²) in [7, 11) is 0. The third-order valence-electron chi connectivity index (χ3n) is 6.27. The molecule has 0 saturated heterocycles. The van der Waals surface area contributed by atoms with E-state index in [-0.39, 0.29) is 12.1 Å². The highest BCUT2D eigenvalue weighted by atomic mass is 35.5. The maximum Gasteiger partial charge on any atom is 0.322 e. The molecule has 3 aromatic carbocycles. The van der Waals surface area contributed by atoms with E-state index in [0.717, 1.165) is 39.3 Å². The third-order valence-corrected chi connectivity index (χ3v) is 6.62. The molecule has 0 bridgehead atoms. The van der Waals surface area contributed by atoms with Gasteiger partial charge in [-0.3, -0.25) is 0 Å². The van der Waals surface area contributed by atoms with Crippen molar-refractivity contribution in [2.75, 3.05) is 5.32 Å². The number of aromatic nitrogens is 1. The monoisotopic (exact) mass is 441 g/mol. The first kappa shape index (κ1) is 20.4. The molecule has 1 aliphatic rings. The van der Waals surface area contributed by atoms with Gasteiger partial charge >= 0.3 is 6.03 Å². The summed E-state index contributed by atoms with van der Waals surface area (Å²) in [5, 5.41) is 3.80. The van der Waals surface area contributed by atoms with Crippen LogP contribution in [0.4, 0.5) is 10.5 Å². The van der Waals surface area contributed by atoms with E-state index >= 15 is 0 Å². The van der Waals surface area contributed by atoms with Crippen molar-refractivity contribution in [2.45, 2.75) is 26.4 Å². The molecule has 0 saturated carbocycles. The summed E-state index contributed by atoms with van der Waals surface area (Å²) in [6.07, 6.45) is 2.05. The summed E-state index contributed by atoms with van der Waals surface area (Å²) in [5.41, 5.74) is 7.08. The van der Waals surface area contributed by atoms with E-state index in [1.807, 2.05) is 85.6 Å². The van der Waals surface area contributed by atoms with Gasteiger partial charge in [0.25, 0.3) is 0 Å². The van der Waals surface area contributed by atoms with E-state index in [2.05, 4.69) is 28.1 Å². The summed E-state index contributed by atoms with van der Waals surface area (Å²) in [6.45, 7) is 4.54. The Hall–Kier alpha value is -3.50. The minimum Gasteiger partial charge on any atom is -0.318 e. The zero-order valence-electron chi connectivity index (χ0n) is 18.0. The van der Waals surface area contributed by atoms with Crippen molar-refractivity contribution in [3.8, 4) is 5.69 Å². The third kappa shape index (κ3) is 3.47. The van der Waals surface area contributed by atoms with Crippen molar-refractivity contribution in [1.82, 2.24) is 9.47 Å². The highest BCUT2D eigenvalue weighted by Crippen LogP contribution is 2.39. The van der Waals surface area contributed by atoms with E-state index in [4.69, 9.17) is 11.6 Å². The fourth-order valence-corrected chi connectivity index (χ4v) is 4.68. The number of nitrogens with one attached hydrogen (secondary N) is 1. The van der Waals surface area contributed by atoms with E-state index in [0.29, 0.717) is 11.6 Å². The Bertz CT molecular complexity index is 1310. The van der Waals surface area contributed by atoms with Crippen molar-refractivity contribution >= 4 is 23.3 Å². The first-order valence-corrected chi connectivity index (χ1v) is 11.1. The predicted molar refractivity (Wildman–Crippen MR) is 130 cm³/mol.